The van der Waals surface area contributed by atoms with Crippen molar-refractivity contribution >= 4 is 23.2 Å². The number of aromatic nitrogens is 3. The molecule has 3 N–H and O–H groups in total. The maximum absolute atomic E-state index is 12.3. The summed E-state index contributed by atoms with van der Waals surface area (Å²) in [5.74, 6) is 0.437. The summed E-state index contributed by atoms with van der Waals surface area (Å²) in [6, 6.07) is 19.1. The van der Waals surface area contributed by atoms with Crippen LogP contribution in [0.3, 0.4) is 0 Å². The Balaban J connectivity index is 1.45. The van der Waals surface area contributed by atoms with Crippen LogP contribution >= 0.6 is 0 Å². The molecule has 4 rings (SSSR count). The van der Waals surface area contributed by atoms with Crippen molar-refractivity contribution in [3.05, 3.63) is 90.9 Å². The first-order valence-electron chi connectivity index (χ1n) is 8.88. The zero-order valence-electron chi connectivity index (χ0n) is 15.3. The third kappa shape index (κ3) is 4.54. The lowest BCUT2D eigenvalue weighted by Crippen LogP contribution is -2.11. The van der Waals surface area contributed by atoms with Crippen molar-refractivity contribution in [3.63, 3.8) is 0 Å². The number of nitrogens with zero attached hydrogens (tertiary/aromatic N) is 3. The molecule has 2 aromatic heterocycles. The fourth-order valence-electron chi connectivity index (χ4n) is 2.68. The molecule has 4 aromatic rings. The van der Waals surface area contributed by atoms with E-state index in [1.807, 2.05) is 0 Å². The van der Waals surface area contributed by atoms with Crippen LogP contribution in [0.2, 0.25) is 0 Å². The Morgan fingerprint density at radius 3 is 2.24 bits per heavy atom. The Kier molecular flexibility index (Phi) is 5.11. The first kappa shape index (κ1) is 18.1. The van der Waals surface area contributed by atoms with Gasteiger partial charge < -0.3 is 15.7 Å². The molecule has 142 valence electrons. The third-order valence-electron chi connectivity index (χ3n) is 4.16. The van der Waals surface area contributed by atoms with Gasteiger partial charge in [-0.25, -0.2) is 9.97 Å². The highest BCUT2D eigenvalue weighted by atomic mass is 16.3. The number of benzene rings is 2. The van der Waals surface area contributed by atoms with E-state index in [1.165, 1.54) is 0 Å². The highest BCUT2D eigenvalue weighted by Crippen LogP contribution is 2.22. The molecule has 0 aliphatic heterocycles. The zero-order valence-corrected chi connectivity index (χ0v) is 15.3. The summed E-state index contributed by atoms with van der Waals surface area (Å²) < 4.78 is 0. The average molecular weight is 383 g/mol. The largest absolute Gasteiger partial charge is 0.508 e. The summed E-state index contributed by atoms with van der Waals surface area (Å²) in [4.78, 5) is 25.0. The molecular formula is C22H17N5O2. The summed E-state index contributed by atoms with van der Waals surface area (Å²) in [6.07, 6.45) is 4.90. The highest BCUT2D eigenvalue weighted by Gasteiger charge is 2.07. The maximum Gasteiger partial charge on any atom is 0.255 e. The molecule has 7 heteroatoms. The maximum atomic E-state index is 12.3. The Morgan fingerprint density at radius 1 is 0.793 bits per heavy atom. The molecule has 0 radical (unpaired) electrons. The van der Waals surface area contributed by atoms with Crippen LogP contribution in [-0.4, -0.2) is 26.0 Å². The Labute approximate surface area is 167 Å². The molecule has 0 saturated heterocycles. The fraction of sp³-hybridized carbons (Fsp3) is 0. The van der Waals surface area contributed by atoms with Crippen molar-refractivity contribution in [2.24, 2.45) is 0 Å². The number of phenolic OH excluding ortho intramolecular Hbond substituents is 1. The first-order chi connectivity index (χ1) is 14.2. The van der Waals surface area contributed by atoms with Gasteiger partial charge in [-0.1, -0.05) is 0 Å². The van der Waals surface area contributed by atoms with Gasteiger partial charge in [-0.3, -0.25) is 9.78 Å². The predicted octanol–water partition coefficient (Wildman–Crippen LogP) is 4.24. The van der Waals surface area contributed by atoms with Crippen molar-refractivity contribution in [3.8, 4) is 17.0 Å². The number of phenols is 1. The summed E-state index contributed by atoms with van der Waals surface area (Å²) in [5.41, 5.74) is 3.58. The van der Waals surface area contributed by atoms with Crippen LogP contribution in [-0.2, 0) is 0 Å². The van der Waals surface area contributed by atoms with Crippen LogP contribution in [0.5, 0.6) is 5.75 Å². The van der Waals surface area contributed by atoms with Crippen LogP contribution < -0.4 is 10.6 Å². The molecule has 2 heterocycles. The predicted molar refractivity (Wildman–Crippen MR) is 111 cm³/mol. The molecule has 0 spiro atoms. The lowest BCUT2D eigenvalue weighted by Gasteiger charge is -2.08. The van der Waals surface area contributed by atoms with E-state index in [9.17, 15) is 9.90 Å². The minimum Gasteiger partial charge on any atom is -0.508 e. The Bertz CT molecular complexity index is 1110. The van der Waals surface area contributed by atoms with Gasteiger partial charge in [0.25, 0.3) is 5.91 Å². The molecular weight excluding hydrogens is 366 g/mol. The number of carbonyl (C=O) groups excluding carboxylic acids is 1. The van der Waals surface area contributed by atoms with E-state index in [0.717, 1.165) is 16.9 Å². The van der Waals surface area contributed by atoms with E-state index in [-0.39, 0.29) is 11.7 Å². The van der Waals surface area contributed by atoms with Crippen LogP contribution in [0.15, 0.2) is 85.3 Å². The average Bonchev–Trinajstić information content (AvgIpc) is 2.76. The van der Waals surface area contributed by atoms with Gasteiger partial charge in [-0.05, 0) is 66.7 Å². The van der Waals surface area contributed by atoms with Gasteiger partial charge in [0.2, 0.25) is 5.95 Å². The van der Waals surface area contributed by atoms with Gasteiger partial charge in [0.05, 0.1) is 5.69 Å². The molecule has 0 atom stereocenters. The van der Waals surface area contributed by atoms with Crippen molar-refractivity contribution in [1.29, 1.82) is 0 Å². The van der Waals surface area contributed by atoms with Gasteiger partial charge in [0.15, 0.2) is 0 Å². The lowest BCUT2D eigenvalue weighted by molar-refractivity contribution is 0.102. The number of hydrogen-bond donors (Lipinski definition) is 3. The Morgan fingerprint density at radius 2 is 1.52 bits per heavy atom. The van der Waals surface area contributed by atoms with Crippen molar-refractivity contribution in [2.45, 2.75) is 0 Å². The summed E-state index contributed by atoms with van der Waals surface area (Å²) in [7, 11) is 0. The minimum atomic E-state index is -0.201. The number of carbonyl (C=O) groups is 1. The molecule has 0 fully saturated rings. The van der Waals surface area contributed by atoms with Crippen molar-refractivity contribution in [1.82, 2.24) is 15.0 Å². The molecule has 0 saturated carbocycles. The van der Waals surface area contributed by atoms with Crippen LogP contribution in [0.4, 0.5) is 17.3 Å². The number of pyridine rings is 1. The molecule has 1 amide bonds. The summed E-state index contributed by atoms with van der Waals surface area (Å²) >= 11 is 0. The second-order valence-electron chi connectivity index (χ2n) is 6.20. The number of anilines is 3. The third-order valence-corrected chi connectivity index (χ3v) is 4.16. The highest BCUT2D eigenvalue weighted by molar-refractivity contribution is 6.04. The van der Waals surface area contributed by atoms with Crippen LogP contribution in [0.25, 0.3) is 11.3 Å². The molecule has 0 aliphatic rings. The molecule has 7 nitrogen and oxygen atoms in total. The molecule has 0 unspecified atom stereocenters. The molecule has 0 aliphatic carbocycles. The standard InChI is InChI=1S/C22H17N5O2/c28-19-7-3-15(4-8-19)20-11-14-24-22(27-20)26-17-5-1-16(2-6-17)21(29)25-18-9-12-23-13-10-18/h1-14,28H,(H,23,25,29)(H,24,26,27). The van der Waals surface area contributed by atoms with Gasteiger partial charge in [0.1, 0.15) is 5.75 Å². The quantitative estimate of drug-likeness (QED) is 0.477. The number of rotatable bonds is 5. The monoisotopic (exact) mass is 383 g/mol. The second kappa shape index (κ2) is 8.18. The Hall–Kier alpha value is -4.26. The lowest BCUT2D eigenvalue weighted by atomic mass is 10.1. The van der Waals surface area contributed by atoms with E-state index < -0.39 is 0 Å². The van der Waals surface area contributed by atoms with Crippen molar-refractivity contribution in [2.75, 3.05) is 10.6 Å². The first-order valence-corrected chi connectivity index (χ1v) is 8.88. The second-order valence-corrected chi connectivity index (χ2v) is 6.20. The van der Waals surface area contributed by atoms with E-state index in [4.69, 9.17) is 0 Å². The van der Waals surface area contributed by atoms with E-state index in [2.05, 4.69) is 25.6 Å². The minimum absolute atomic E-state index is 0.201. The van der Waals surface area contributed by atoms with E-state index in [0.29, 0.717) is 17.2 Å². The van der Waals surface area contributed by atoms with E-state index in [1.54, 1.807) is 85.3 Å². The zero-order chi connectivity index (χ0) is 20.1. The van der Waals surface area contributed by atoms with Gasteiger partial charge in [0, 0.05) is 41.1 Å². The summed E-state index contributed by atoms with van der Waals surface area (Å²) in [6.45, 7) is 0. The topological polar surface area (TPSA) is 100 Å². The van der Waals surface area contributed by atoms with Crippen LogP contribution in [0, 0.1) is 0 Å². The molecule has 2 aromatic carbocycles. The van der Waals surface area contributed by atoms with Gasteiger partial charge in [-0.2, -0.15) is 0 Å². The molecule has 29 heavy (non-hydrogen) atoms. The fourth-order valence-corrected chi connectivity index (χ4v) is 2.68. The SMILES string of the molecule is O=C(Nc1ccncc1)c1ccc(Nc2nccc(-c3ccc(O)cc3)n2)cc1. The smallest absolute Gasteiger partial charge is 0.255 e. The van der Waals surface area contributed by atoms with Crippen molar-refractivity contribution < 1.29 is 9.90 Å². The number of hydrogen-bond acceptors (Lipinski definition) is 6. The number of amides is 1. The van der Waals surface area contributed by atoms with Gasteiger partial charge >= 0.3 is 0 Å². The summed E-state index contributed by atoms with van der Waals surface area (Å²) in [5, 5.41) is 15.4. The van der Waals surface area contributed by atoms with Crippen LogP contribution in [0.1, 0.15) is 10.4 Å². The van der Waals surface area contributed by atoms with Gasteiger partial charge in [-0.15, -0.1) is 0 Å². The molecule has 0 bridgehead atoms. The van der Waals surface area contributed by atoms with E-state index >= 15 is 0 Å². The number of nitrogens with one attached hydrogen (secondary N) is 2. The normalized spacial score (nSPS) is 10.3. The number of aromatic hydroxyl groups is 1.